The van der Waals surface area contributed by atoms with Gasteiger partial charge in [0.05, 0.1) is 0 Å². The predicted octanol–water partition coefficient (Wildman–Crippen LogP) is 0.852. The Kier molecular flexibility index (Phi) is 3.07. The summed E-state index contributed by atoms with van der Waals surface area (Å²) in [5.74, 6) is 0.906. The molecule has 0 amide bonds. The van der Waals surface area contributed by atoms with Gasteiger partial charge in [-0.25, -0.2) is 4.98 Å². The van der Waals surface area contributed by atoms with Gasteiger partial charge in [-0.2, -0.15) is 0 Å². The number of fused-ring (bicyclic) bond motifs is 1. The normalized spacial score (nSPS) is 20.0. The lowest BCUT2D eigenvalue weighted by Gasteiger charge is -2.22. The van der Waals surface area contributed by atoms with Gasteiger partial charge in [0.2, 0.25) is 0 Å². The maximum absolute atomic E-state index is 11.9. The summed E-state index contributed by atoms with van der Waals surface area (Å²) in [7, 11) is 0. The molecule has 0 radical (unpaired) electrons. The number of aryl methyl sites for hydroxylation is 1. The molecule has 1 aliphatic heterocycles. The first kappa shape index (κ1) is 10.6. The standard InChI is InChI=1S/C10H13ClN2O2/c11-4-3-7-6-12-9-8(14)2-1-5-13(9)10(7)15/h6,8,14H,1-5H2. The van der Waals surface area contributed by atoms with E-state index in [1.54, 1.807) is 4.57 Å². The summed E-state index contributed by atoms with van der Waals surface area (Å²) in [5, 5.41) is 9.66. The fourth-order valence-electron chi connectivity index (χ4n) is 1.87. The SMILES string of the molecule is O=c1c(CCCl)cnc2n1CCCC2O. The fraction of sp³-hybridized carbons (Fsp3) is 0.600. The van der Waals surface area contributed by atoms with Gasteiger partial charge in [-0.3, -0.25) is 9.36 Å². The monoisotopic (exact) mass is 228 g/mol. The van der Waals surface area contributed by atoms with Crippen LogP contribution in [0.2, 0.25) is 0 Å². The zero-order valence-corrected chi connectivity index (χ0v) is 9.07. The van der Waals surface area contributed by atoms with Gasteiger partial charge in [-0.1, -0.05) is 0 Å². The van der Waals surface area contributed by atoms with Crippen molar-refractivity contribution in [2.24, 2.45) is 0 Å². The second kappa shape index (κ2) is 4.33. The molecular weight excluding hydrogens is 216 g/mol. The first-order valence-electron chi connectivity index (χ1n) is 5.06. The van der Waals surface area contributed by atoms with Gasteiger partial charge in [0.25, 0.3) is 5.56 Å². The van der Waals surface area contributed by atoms with Crippen LogP contribution in [0.4, 0.5) is 0 Å². The van der Waals surface area contributed by atoms with Crippen molar-refractivity contribution in [2.75, 3.05) is 5.88 Å². The maximum Gasteiger partial charge on any atom is 0.256 e. The predicted molar refractivity (Wildman–Crippen MR) is 57.1 cm³/mol. The molecule has 0 aliphatic carbocycles. The van der Waals surface area contributed by atoms with Crippen LogP contribution in [0.3, 0.4) is 0 Å². The van der Waals surface area contributed by atoms with Crippen LogP contribution in [0.25, 0.3) is 0 Å². The largest absolute Gasteiger partial charge is 0.385 e. The Bertz CT molecular complexity index is 416. The third-order valence-electron chi connectivity index (χ3n) is 2.67. The van der Waals surface area contributed by atoms with Crippen LogP contribution in [0.1, 0.15) is 30.3 Å². The second-order valence-electron chi connectivity index (χ2n) is 3.70. The van der Waals surface area contributed by atoms with Crippen LogP contribution in [0.5, 0.6) is 0 Å². The number of aromatic nitrogens is 2. The third-order valence-corrected chi connectivity index (χ3v) is 2.86. The molecule has 1 aliphatic rings. The van der Waals surface area contributed by atoms with E-state index >= 15 is 0 Å². The van der Waals surface area contributed by atoms with Crippen molar-refractivity contribution in [3.63, 3.8) is 0 Å². The van der Waals surface area contributed by atoms with Gasteiger partial charge in [-0.15, -0.1) is 11.6 Å². The van der Waals surface area contributed by atoms with E-state index < -0.39 is 6.10 Å². The molecule has 1 aromatic rings. The van der Waals surface area contributed by atoms with Crippen molar-refractivity contribution in [2.45, 2.75) is 31.9 Å². The number of nitrogens with zero attached hydrogens (tertiary/aromatic N) is 2. The molecule has 5 heteroatoms. The Hall–Kier alpha value is -0.870. The van der Waals surface area contributed by atoms with E-state index in [0.29, 0.717) is 36.7 Å². The molecule has 0 saturated heterocycles. The average Bonchev–Trinajstić information content (AvgIpc) is 2.23. The summed E-state index contributed by atoms with van der Waals surface area (Å²) in [5.41, 5.74) is 0.572. The van der Waals surface area contributed by atoms with E-state index in [4.69, 9.17) is 11.6 Å². The molecule has 1 unspecified atom stereocenters. The fourth-order valence-corrected chi connectivity index (χ4v) is 2.08. The zero-order chi connectivity index (χ0) is 10.8. The minimum Gasteiger partial charge on any atom is -0.385 e. The summed E-state index contributed by atoms with van der Waals surface area (Å²) >= 11 is 5.59. The molecule has 0 saturated carbocycles. The van der Waals surface area contributed by atoms with Crippen molar-refractivity contribution in [1.29, 1.82) is 0 Å². The van der Waals surface area contributed by atoms with E-state index in [1.807, 2.05) is 0 Å². The molecule has 0 aromatic carbocycles. The Morgan fingerprint density at radius 3 is 3.20 bits per heavy atom. The zero-order valence-electron chi connectivity index (χ0n) is 8.32. The van der Waals surface area contributed by atoms with Crippen molar-refractivity contribution in [3.8, 4) is 0 Å². The smallest absolute Gasteiger partial charge is 0.256 e. The maximum atomic E-state index is 11.9. The quantitative estimate of drug-likeness (QED) is 0.764. The summed E-state index contributed by atoms with van der Waals surface area (Å²) in [4.78, 5) is 16.0. The van der Waals surface area contributed by atoms with E-state index in [0.717, 1.165) is 6.42 Å². The first-order chi connectivity index (χ1) is 7.24. The van der Waals surface area contributed by atoms with Gasteiger partial charge in [0.15, 0.2) is 0 Å². The minimum atomic E-state index is -0.600. The van der Waals surface area contributed by atoms with Crippen molar-refractivity contribution >= 4 is 11.6 Å². The molecule has 2 rings (SSSR count). The van der Waals surface area contributed by atoms with Crippen LogP contribution >= 0.6 is 11.6 Å². The Balaban J connectivity index is 2.47. The van der Waals surface area contributed by atoms with Crippen LogP contribution in [-0.4, -0.2) is 20.5 Å². The minimum absolute atomic E-state index is 0.0561. The lowest BCUT2D eigenvalue weighted by Crippen LogP contribution is -2.32. The lowest BCUT2D eigenvalue weighted by atomic mass is 10.1. The third kappa shape index (κ3) is 1.92. The van der Waals surface area contributed by atoms with E-state index in [-0.39, 0.29) is 5.56 Å². The number of alkyl halides is 1. The Morgan fingerprint density at radius 1 is 1.67 bits per heavy atom. The highest BCUT2D eigenvalue weighted by atomic mass is 35.5. The first-order valence-corrected chi connectivity index (χ1v) is 5.60. The number of hydrogen-bond acceptors (Lipinski definition) is 3. The number of rotatable bonds is 2. The van der Waals surface area contributed by atoms with Gasteiger partial charge in [0.1, 0.15) is 11.9 Å². The van der Waals surface area contributed by atoms with Crippen molar-refractivity contribution < 1.29 is 5.11 Å². The highest BCUT2D eigenvalue weighted by Gasteiger charge is 2.21. The molecule has 0 bridgehead atoms. The molecule has 1 aromatic heterocycles. The van der Waals surface area contributed by atoms with Crippen molar-refractivity contribution in [3.05, 3.63) is 27.9 Å². The molecular formula is C10H13ClN2O2. The second-order valence-corrected chi connectivity index (χ2v) is 4.07. The molecule has 1 atom stereocenters. The Labute approximate surface area is 92.5 Å². The number of aliphatic hydroxyl groups excluding tert-OH is 1. The van der Waals surface area contributed by atoms with Crippen LogP contribution < -0.4 is 5.56 Å². The molecule has 2 heterocycles. The number of halogens is 1. The summed E-state index contributed by atoms with van der Waals surface area (Å²) in [6.07, 6.45) is 2.97. The molecule has 82 valence electrons. The molecule has 0 spiro atoms. The summed E-state index contributed by atoms with van der Waals surface area (Å²) in [6, 6.07) is 0. The van der Waals surface area contributed by atoms with E-state index in [2.05, 4.69) is 4.98 Å². The van der Waals surface area contributed by atoms with Gasteiger partial charge in [0, 0.05) is 24.2 Å². The topological polar surface area (TPSA) is 55.1 Å². The van der Waals surface area contributed by atoms with E-state index in [9.17, 15) is 9.90 Å². The molecule has 1 N–H and O–H groups in total. The molecule has 15 heavy (non-hydrogen) atoms. The number of aliphatic hydroxyl groups is 1. The molecule has 4 nitrogen and oxygen atoms in total. The highest BCUT2D eigenvalue weighted by Crippen LogP contribution is 2.20. The average molecular weight is 229 g/mol. The van der Waals surface area contributed by atoms with Crippen LogP contribution in [-0.2, 0) is 13.0 Å². The van der Waals surface area contributed by atoms with Gasteiger partial charge < -0.3 is 5.11 Å². The number of hydrogen-bond donors (Lipinski definition) is 1. The lowest BCUT2D eigenvalue weighted by molar-refractivity contribution is 0.130. The van der Waals surface area contributed by atoms with E-state index in [1.165, 1.54) is 6.20 Å². The van der Waals surface area contributed by atoms with Crippen LogP contribution in [0, 0.1) is 0 Å². The summed E-state index contributed by atoms with van der Waals surface area (Å²) in [6.45, 7) is 0.647. The van der Waals surface area contributed by atoms with Crippen LogP contribution in [0.15, 0.2) is 11.0 Å². The Morgan fingerprint density at radius 2 is 2.47 bits per heavy atom. The van der Waals surface area contributed by atoms with Gasteiger partial charge >= 0.3 is 0 Å². The van der Waals surface area contributed by atoms with Crippen molar-refractivity contribution in [1.82, 2.24) is 9.55 Å². The molecule has 0 fully saturated rings. The summed E-state index contributed by atoms with van der Waals surface area (Å²) < 4.78 is 1.57. The van der Waals surface area contributed by atoms with Gasteiger partial charge in [-0.05, 0) is 19.3 Å². The highest BCUT2D eigenvalue weighted by molar-refractivity contribution is 6.17.